The van der Waals surface area contributed by atoms with Crippen LogP contribution in [-0.2, 0) is 16.8 Å². The minimum Gasteiger partial charge on any atom is -0.424 e. The fourth-order valence-electron chi connectivity index (χ4n) is 3.96. The molecule has 4 aromatic rings. The number of rotatable bonds is 5. The number of nitrogens with zero attached hydrogens (tertiary/aromatic N) is 7. The van der Waals surface area contributed by atoms with Gasteiger partial charge in [0.2, 0.25) is 17.7 Å². The van der Waals surface area contributed by atoms with Crippen LogP contribution in [0, 0.1) is 6.92 Å². The molecular formula is C20H15ClF5N9O2. The van der Waals surface area contributed by atoms with E-state index in [1.54, 1.807) is 6.92 Å². The molecule has 37 heavy (non-hydrogen) atoms. The Morgan fingerprint density at radius 1 is 1.22 bits per heavy atom. The lowest BCUT2D eigenvalue weighted by Crippen LogP contribution is -2.37. The molecule has 1 unspecified atom stereocenters. The van der Waals surface area contributed by atoms with Crippen molar-refractivity contribution in [3.8, 4) is 11.5 Å². The topological polar surface area (TPSA) is 151 Å². The zero-order chi connectivity index (χ0) is 26.9. The Bertz CT molecular complexity index is 1570. The summed E-state index contributed by atoms with van der Waals surface area (Å²) in [5.41, 5.74) is 4.78. The van der Waals surface area contributed by atoms with Crippen LogP contribution in [-0.4, -0.2) is 52.9 Å². The smallest absolute Gasteiger partial charge is 0.424 e. The molecule has 0 aliphatic carbocycles. The van der Waals surface area contributed by atoms with Crippen LogP contribution < -0.4 is 11.1 Å². The summed E-state index contributed by atoms with van der Waals surface area (Å²) in [6, 6.07) is 1.38. The van der Waals surface area contributed by atoms with Crippen molar-refractivity contribution in [3.05, 3.63) is 34.6 Å². The maximum Gasteiger partial charge on any atom is 0.453 e. The van der Waals surface area contributed by atoms with Crippen molar-refractivity contribution in [1.82, 2.24) is 34.9 Å². The van der Waals surface area contributed by atoms with Crippen LogP contribution in [0.1, 0.15) is 30.7 Å². The maximum atomic E-state index is 13.6. The summed E-state index contributed by atoms with van der Waals surface area (Å²) >= 11 is 6.03. The lowest BCUT2D eigenvalue weighted by Gasteiger charge is -2.19. The lowest BCUT2D eigenvalue weighted by molar-refractivity contribution is -0.285. The molecule has 3 N–H and O–H groups in total. The van der Waals surface area contributed by atoms with E-state index in [-0.39, 0.29) is 56.6 Å². The molecule has 4 aromatic heterocycles. The van der Waals surface area contributed by atoms with E-state index in [4.69, 9.17) is 21.8 Å². The van der Waals surface area contributed by atoms with Gasteiger partial charge in [-0.05, 0) is 13.0 Å². The zero-order valence-corrected chi connectivity index (χ0v) is 19.6. The average molecular weight is 544 g/mol. The molecule has 0 fully saturated rings. The van der Waals surface area contributed by atoms with Crippen molar-refractivity contribution < 1.29 is 31.2 Å². The van der Waals surface area contributed by atoms with Crippen molar-refractivity contribution in [2.45, 2.75) is 44.3 Å². The largest absolute Gasteiger partial charge is 0.453 e. The van der Waals surface area contributed by atoms with Gasteiger partial charge in [-0.15, -0.1) is 10.2 Å². The van der Waals surface area contributed by atoms with Gasteiger partial charge in [0.05, 0.1) is 16.0 Å². The molecule has 1 amide bonds. The normalized spacial score (nSPS) is 17.9. The standard InChI is InChI=1S/C20H15ClF5N9O2/c1-7-32-33-17(37-7)18(2)10-12(27)29-14(30-13(10)31-16(18)36)11-9-5-8(21)6-28-15(9)35(34-11)4-3-19(22,23)20(24,25)26/h5-6H,3-4H2,1-2H3,(H3,27,29,30,31,36). The van der Waals surface area contributed by atoms with Crippen molar-refractivity contribution in [2.24, 2.45) is 0 Å². The Hall–Kier alpha value is -3.95. The van der Waals surface area contributed by atoms with E-state index in [9.17, 15) is 26.7 Å². The van der Waals surface area contributed by atoms with Gasteiger partial charge in [0, 0.05) is 26.1 Å². The summed E-state index contributed by atoms with van der Waals surface area (Å²) in [6.07, 6.45) is -6.12. The van der Waals surface area contributed by atoms with Gasteiger partial charge in [0.25, 0.3) is 0 Å². The second kappa shape index (κ2) is 8.03. The van der Waals surface area contributed by atoms with Crippen LogP contribution in [0.4, 0.5) is 33.6 Å². The van der Waals surface area contributed by atoms with Crippen molar-refractivity contribution in [3.63, 3.8) is 0 Å². The predicted molar refractivity (Wildman–Crippen MR) is 118 cm³/mol. The third kappa shape index (κ3) is 3.82. The number of halogens is 6. The zero-order valence-electron chi connectivity index (χ0n) is 18.9. The van der Waals surface area contributed by atoms with Crippen LogP contribution in [0.5, 0.6) is 0 Å². The first-order valence-electron chi connectivity index (χ1n) is 10.5. The molecule has 0 aromatic carbocycles. The Morgan fingerprint density at radius 2 is 1.95 bits per heavy atom. The number of alkyl halides is 5. The van der Waals surface area contributed by atoms with Crippen LogP contribution in [0.3, 0.4) is 0 Å². The Kier molecular flexibility index (Phi) is 5.36. The summed E-state index contributed by atoms with van der Waals surface area (Å²) < 4.78 is 71.4. The highest BCUT2D eigenvalue weighted by atomic mass is 35.5. The molecule has 1 aliphatic heterocycles. The van der Waals surface area contributed by atoms with E-state index in [0.717, 1.165) is 4.68 Å². The highest BCUT2D eigenvalue weighted by molar-refractivity contribution is 6.31. The minimum absolute atomic E-state index is 0.00662. The number of carbonyl (C=O) groups excluding carboxylic acids is 1. The summed E-state index contributed by atoms with van der Waals surface area (Å²) in [5.74, 6) is -5.65. The molecule has 17 heteroatoms. The summed E-state index contributed by atoms with van der Waals surface area (Å²) in [5, 5.41) is 14.7. The predicted octanol–water partition coefficient (Wildman–Crippen LogP) is 3.66. The number of hydrogen-bond acceptors (Lipinski definition) is 9. The number of carbonyl (C=O) groups is 1. The van der Waals surface area contributed by atoms with Gasteiger partial charge in [-0.2, -0.15) is 27.1 Å². The number of nitrogens with two attached hydrogens (primary N) is 1. The molecule has 5 rings (SSSR count). The quantitative estimate of drug-likeness (QED) is 0.359. The molecule has 0 saturated heterocycles. The molecule has 0 spiro atoms. The van der Waals surface area contributed by atoms with Crippen LogP contribution >= 0.6 is 11.6 Å². The van der Waals surface area contributed by atoms with Gasteiger partial charge in [0.1, 0.15) is 17.3 Å². The summed E-state index contributed by atoms with van der Waals surface area (Å²) in [6.45, 7) is 2.21. The number of aryl methyl sites for hydroxylation is 2. The summed E-state index contributed by atoms with van der Waals surface area (Å²) in [4.78, 5) is 25.5. The van der Waals surface area contributed by atoms with Gasteiger partial charge >= 0.3 is 12.1 Å². The molecule has 1 atom stereocenters. The number of aromatic nitrogens is 7. The number of anilines is 2. The Balaban J connectivity index is 1.61. The third-order valence-electron chi connectivity index (χ3n) is 5.89. The maximum absolute atomic E-state index is 13.6. The molecule has 0 saturated carbocycles. The van der Waals surface area contributed by atoms with Crippen LogP contribution in [0.15, 0.2) is 16.7 Å². The fourth-order valence-corrected chi connectivity index (χ4v) is 4.12. The fraction of sp³-hybridized carbons (Fsp3) is 0.350. The second-order valence-electron chi connectivity index (χ2n) is 8.41. The number of hydrogen-bond donors (Lipinski definition) is 2. The van der Waals surface area contributed by atoms with E-state index in [2.05, 4.69) is 35.6 Å². The van der Waals surface area contributed by atoms with Gasteiger partial charge in [0.15, 0.2) is 16.9 Å². The second-order valence-corrected chi connectivity index (χ2v) is 8.85. The average Bonchev–Trinajstić information content (AvgIpc) is 3.46. The van der Waals surface area contributed by atoms with Crippen molar-refractivity contribution >= 4 is 40.2 Å². The first-order chi connectivity index (χ1) is 17.2. The molecule has 0 radical (unpaired) electrons. The van der Waals surface area contributed by atoms with Crippen LogP contribution in [0.25, 0.3) is 22.6 Å². The highest BCUT2D eigenvalue weighted by Crippen LogP contribution is 2.45. The van der Waals surface area contributed by atoms with E-state index in [1.807, 2.05) is 0 Å². The SMILES string of the molecule is Cc1nnc(C2(C)C(=O)Nc3nc(-c4nn(CCC(F)(F)C(F)(F)F)c5ncc(Cl)cc45)nc(N)c32)o1. The number of fused-ring (bicyclic) bond motifs is 2. The Morgan fingerprint density at radius 3 is 2.59 bits per heavy atom. The summed E-state index contributed by atoms with van der Waals surface area (Å²) in [7, 11) is 0. The van der Waals surface area contributed by atoms with E-state index in [1.165, 1.54) is 19.2 Å². The number of pyridine rings is 1. The first kappa shape index (κ1) is 24.7. The molecular weight excluding hydrogens is 529 g/mol. The third-order valence-corrected chi connectivity index (χ3v) is 6.10. The monoisotopic (exact) mass is 543 g/mol. The molecule has 5 heterocycles. The molecule has 1 aliphatic rings. The van der Waals surface area contributed by atoms with Crippen molar-refractivity contribution in [2.75, 3.05) is 11.1 Å². The molecule has 11 nitrogen and oxygen atoms in total. The van der Waals surface area contributed by atoms with Crippen LogP contribution in [0.2, 0.25) is 5.02 Å². The van der Waals surface area contributed by atoms with E-state index in [0.29, 0.717) is 0 Å². The lowest BCUT2D eigenvalue weighted by atomic mass is 9.84. The molecule has 0 bridgehead atoms. The number of nitrogen functional groups attached to an aromatic ring is 1. The van der Waals surface area contributed by atoms with Gasteiger partial charge < -0.3 is 15.5 Å². The first-order valence-corrected chi connectivity index (χ1v) is 10.9. The Labute approximate surface area is 208 Å². The molecule has 194 valence electrons. The van der Waals surface area contributed by atoms with E-state index < -0.39 is 36.4 Å². The van der Waals surface area contributed by atoms with Gasteiger partial charge in [-0.3, -0.25) is 4.79 Å². The van der Waals surface area contributed by atoms with Gasteiger partial charge in [-0.1, -0.05) is 11.6 Å². The van der Waals surface area contributed by atoms with Gasteiger partial charge in [-0.25, -0.2) is 19.6 Å². The number of nitrogens with one attached hydrogen (secondary N) is 1. The minimum atomic E-state index is -5.73. The van der Waals surface area contributed by atoms with E-state index >= 15 is 0 Å². The number of amides is 1. The van der Waals surface area contributed by atoms with Crippen molar-refractivity contribution in [1.29, 1.82) is 0 Å². The highest BCUT2D eigenvalue weighted by Gasteiger charge is 2.57.